The Morgan fingerprint density at radius 1 is 0.720 bits per heavy atom. The largest absolute Gasteiger partial charge is 1.00 e. The molecule has 0 aromatic heterocycles. The van der Waals surface area contributed by atoms with E-state index in [4.69, 9.17) is 0 Å². The fourth-order valence-electron chi connectivity index (χ4n) is 3.75. The fraction of sp³-hybridized carbons (Fsp3) is 0.200. The van der Waals surface area contributed by atoms with E-state index in [2.05, 4.69) is 72.8 Å². The molecule has 25 heavy (non-hydrogen) atoms. The van der Waals surface area contributed by atoms with Crippen LogP contribution in [0.3, 0.4) is 0 Å². The monoisotopic (exact) mass is 559 g/mol. The first kappa shape index (κ1) is 24.6. The second kappa shape index (κ2) is 10.7. The minimum Gasteiger partial charge on any atom is -1.00 e. The first-order chi connectivity index (χ1) is 10.4. The Labute approximate surface area is 186 Å². The summed E-state index contributed by atoms with van der Waals surface area (Å²) in [6.07, 6.45) is 8.88. The number of hydrogen-bond acceptors (Lipinski definition) is 1. The molecule has 2 unspecified atom stereocenters. The smallest absolute Gasteiger partial charge is 0.0477 e. The van der Waals surface area contributed by atoms with Crippen molar-refractivity contribution in [3.8, 4) is 0 Å². The van der Waals surface area contributed by atoms with E-state index < -0.39 is 0 Å². The van der Waals surface area contributed by atoms with Crippen molar-refractivity contribution in [2.75, 3.05) is 6.61 Å². The Kier molecular flexibility index (Phi) is 10.5. The molecule has 0 saturated heterocycles. The van der Waals surface area contributed by atoms with E-state index in [1.807, 2.05) is 0 Å². The summed E-state index contributed by atoms with van der Waals surface area (Å²) in [7, 11) is 0. The zero-order chi connectivity index (χ0) is 14.2. The van der Waals surface area contributed by atoms with E-state index >= 15 is 0 Å². The zero-order valence-corrected chi connectivity index (χ0v) is 19.3. The number of halogens is 3. The van der Waals surface area contributed by atoms with Crippen molar-refractivity contribution in [3.05, 3.63) is 82.9 Å². The number of hydrogen-bond donors (Lipinski definition) is 1. The van der Waals surface area contributed by atoms with Crippen LogP contribution < -0.4 is 37.2 Å². The van der Waals surface area contributed by atoms with Gasteiger partial charge in [0.25, 0.3) is 0 Å². The summed E-state index contributed by atoms with van der Waals surface area (Å²) in [5.41, 5.74) is 5.26. The van der Waals surface area contributed by atoms with Gasteiger partial charge in [0.05, 0.1) is 0 Å². The van der Waals surface area contributed by atoms with Crippen molar-refractivity contribution in [1.82, 2.24) is 0 Å². The molecule has 1 N–H and O–H groups in total. The average molecular weight is 559 g/mol. The summed E-state index contributed by atoms with van der Waals surface area (Å²) >= 11 is 0. The predicted molar refractivity (Wildman–Crippen MR) is 87.0 cm³/mol. The second-order valence-corrected chi connectivity index (χ2v) is 5.87. The van der Waals surface area contributed by atoms with Gasteiger partial charge in [-0.15, -0.1) is 0 Å². The van der Waals surface area contributed by atoms with Crippen LogP contribution >= 0.6 is 0 Å². The molecular weight excluding hydrogens is 541 g/mol. The van der Waals surface area contributed by atoms with Crippen molar-refractivity contribution >= 4 is 12.2 Å². The molecule has 0 radical (unpaired) electrons. The molecule has 0 saturated carbocycles. The average Bonchev–Trinajstić information content (AvgIpc) is 3.14. The third-order valence-corrected chi connectivity index (χ3v) is 4.81. The number of allylic oxidation sites excluding steroid dienone is 2. The maximum absolute atomic E-state index is 10.0. The van der Waals surface area contributed by atoms with Crippen molar-refractivity contribution in [3.63, 3.8) is 0 Å². The maximum Gasteiger partial charge on any atom is 0.0477 e. The Morgan fingerprint density at radius 3 is 1.52 bits per heavy atom. The van der Waals surface area contributed by atoms with Crippen LogP contribution in [0.2, 0.25) is 0 Å². The molecule has 5 heteroatoms. The molecule has 2 aromatic carbocycles. The molecule has 132 valence electrons. The first-order valence-corrected chi connectivity index (χ1v) is 7.53. The van der Waals surface area contributed by atoms with E-state index in [-0.39, 0.29) is 75.6 Å². The molecule has 0 amide bonds. The van der Waals surface area contributed by atoms with Crippen LogP contribution in [0.1, 0.15) is 34.1 Å². The Balaban J connectivity index is 0.00000144. The molecular formula is C20H18Cl3HfO-3. The summed E-state index contributed by atoms with van der Waals surface area (Å²) in [6, 6.07) is 17.0. The van der Waals surface area contributed by atoms with E-state index in [0.29, 0.717) is 11.8 Å². The van der Waals surface area contributed by atoms with Gasteiger partial charge in [-0.1, -0.05) is 72.8 Å². The molecule has 0 heterocycles. The van der Waals surface area contributed by atoms with Gasteiger partial charge in [-0.2, -0.15) is 0 Å². The molecule has 2 atom stereocenters. The molecule has 0 aliphatic heterocycles. The summed E-state index contributed by atoms with van der Waals surface area (Å²) < 4.78 is 0. The molecule has 0 fully saturated rings. The van der Waals surface area contributed by atoms with Gasteiger partial charge in [0, 0.05) is 50.2 Å². The summed E-state index contributed by atoms with van der Waals surface area (Å²) in [5.74, 6) is 0.795. The Bertz CT molecular complexity index is 684. The quantitative estimate of drug-likeness (QED) is 0.375. The van der Waals surface area contributed by atoms with Crippen LogP contribution in [0.15, 0.2) is 60.7 Å². The van der Waals surface area contributed by atoms with Gasteiger partial charge in [-0.25, -0.2) is 0 Å². The van der Waals surface area contributed by atoms with Crippen LogP contribution in [0.25, 0.3) is 12.2 Å². The van der Waals surface area contributed by atoms with Gasteiger partial charge in [-0.3, -0.25) is 0 Å². The Hall–Kier alpha value is -0.380. The minimum atomic E-state index is 0. The fourth-order valence-corrected chi connectivity index (χ4v) is 3.75. The summed E-state index contributed by atoms with van der Waals surface area (Å²) in [6.45, 7) is 0.201. The number of aliphatic hydroxyl groups is 1. The van der Waals surface area contributed by atoms with Crippen molar-refractivity contribution in [2.45, 2.75) is 11.8 Å². The maximum atomic E-state index is 10.0. The van der Waals surface area contributed by atoms with Crippen LogP contribution in [0.4, 0.5) is 0 Å². The van der Waals surface area contributed by atoms with Gasteiger partial charge >= 0.3 is 0 Å². The van der Waals surface area contributed by atoms with Crippen LogP contribution in [-0.2, 0) is 25.8 Å². The summed E-state index contributed by atoms with van der Waals surface area (Å²) in [4.78, 5) is 0. The van der Waals surface area contributed by atoms with E-state index in [1.54, 1.807) is 0 Å². The van der Waals surface area contributed by atoms with E-state index in [0.717, 1.165) is 0 Å². The van der Waals surface area contributed by atoms with Gasteiger partial charge in [0.15, 0.2) is 0 Å². The molecule has 0 spiro atoms. The molecule has 2 aliphatic rings. The van der Waals surface area contributed by atoms with Crippen LogP contribution in [0, 0.1) is 5.92 Å². The molecule has 2 aromatic rings. The van der Waals surface area contributed by atoms with E-state index in [9.17, 15) is 5.11 Å². The first-order valence-electron chi connectivity index (χ1n) is 7.53. The van der Waals surface area contributed by atoms with Crippen molar-refractivity contribution in [2.24, 2.45) is 5.92 Å². The predicted octanol–water partition coefficient (Wildman–Crippen LogP) is -4.77. The molecule has 4 rings (SSSR count). The molecule has 2 aliphatic carbocycles. The standard InChI is InChI=1S/C20H18O.3ClH.Hf/c21-13-20(18-11-9-14-5-1-3-7-16(14)18)19-12-10-15-6-2-4-8-17(15)19;;;;/h1-12,18-21H,13H2;3*1H;/p-3. The van der Waals surface area contributed by atoms with Gasteiger partial charge in [0.2, 0.25) is 0 Å². The minimum absolute atomic E-state index is 0. The van der Waals surface area contributed by atoms with Gasteiger partial charge in [-0.05, 0) is 22.3 Å². The molecule has 0 bridgehead atoms. The number of aliphatic hydroxyl groups excluding tert-OH is 1. The number of rotatable bonds is 3. The Morgan fingerprint density at radius 2 is 1.12 bits per heavy atom. The topological polar surface area (TPSA) is 20.2 Å². The SMILES string of the molecule is OCC(C1C=Cc2ccccc21)C1C=Cc2ccccc21.[Cl-].[Cl-].[Cl-].[Hf]. The van der Waals surface area contributed by atoms with Crippen molar-refractivity contribution < 1.29 is 68.2 Å². The number of fused-ring (bicyclic) bond motifs is 2. The van der Waals surface area contributed by atoms with Gasteiger partial charge < -0.3 is 42.3 Å². The summed E-state index contributed by atoms with van der Waals surface area (Å²) in [5, 5.41) is 10.0. The third-order valence-electron chi connectivity index (χ3n) is 4.81. The zero-order valence-electron chi connectivity index (χ0n) is 13.4. The molecule has 1 nitrogen and oxygen atoms in total. The van der Waals surface area contributed by atoms with Crippen LogP contribution in [0.5, 0.6) is 0 Å². The number of benzene rings is 2. The van der Waals surface area contributed by atoms with E-state index in [1.165, 1.54) is 22.3 Å². The second-order valence-electron chi connectivity index (χ2n) is 5.87. The van der Waals surface area contributed by atoms with Gasteiger partial charge in [0.1, 0.15) is 0 Å². The van der Waals surface area contributed by atoms with Crippen molar-refractivity contribution in [1.29, 1.82) is 0 Å². The van der Waals surface area contributed by atoms with Crippen LogP contribution in [-0.4, -0.2) is 11.7 Å². The third kappa shape index (κ3) is 4.48. The normalized spacial score (nSPS) is 19.4.